The second-order valence-electron chi connectivity index (χ2n) is 6.04. The van der Waals surface area contributed by atoms with Crippen molar-refractivity contribution in [2.24, 2.45) is 5.92 Å². The summed E-state index contributed by atoms with van der Waals surface area (Å²) in [7, 11) is 1.99. The normalized spacial score (nSPS) is 27.8. The highest BCUT2D eigenvalue weighted by Crippen LogP contribution is 2.43. The third-order valence-corrected chi connectivity index (χ3v) is 5.05. The smallest absolute Gasteiger partial charge is 0.129 e. The van der Waals surface area contributed by atoms with Crippen molar-refractivity contribution >= 4 is 15.9 Å². The zero-order chi connectivity index (χ0) is 14.1. The molecule has 2 atom stereocenters. The van der Waals surface area contributed by atoms with Crippen molar-refractivity contribution < 1.29 is 4.39 Å². The summed E-state index contributed by atoms with van der Waals surface area (Å²) in [5.41, 5.74) is 0.875. The Labute approximate surface area is 128 Å². The van der Waals surface area contributed by atoms with Gasteiger partial charge in [0.2, 0.25) is 0 Å². The minimum absolute atomic E-state index is 0.0713. The first-order chi connectivity index (χ1) is 9.70. The van der Waals surface area contributed by atoms with E-state index in [1.54, 1.807) is 6.07 Å². The van der Waals surface area contributed by atoms with Crippen LogP contribution in [0.3, 0.4) is 0 Å². The maximum atomic E-state index is 14.4. The standard InChI is InChI=1S/C16H22BrFN2/c1-19-10-11-3-2-8-20(13-5-6-13)16(11)14-7-4-12(17)9-15(14)18/h4,7,9,11,13,16,19H,2-3,5-6,8,10H2,1H3. The molecule has 0 amide bonds. The van der Waals surface area contributed by atoms with Gasteiger partial charge in [-0.1, -0.05) is 22.0 Å². The van der Waals surface area contributed by atoms with Crippen molar-refractivity contribution in [2.75, 3.05) is 20.1 Å². The van der Waals surface area contributed by atoms with E-state index in [9.17, 15) is 4.39 Å². The highest BCUT2D eigenvalue weighted by molar-refractivity contribution is 9.10. The third kappa shape index (κ3) is 2.92. The van der Waals surface area contributed by atoms with Crippen molar-refractivity contribution in [1.82, 2.24) is 10.2 Å². The molecular weight excluding hydrogens is 319 g/mol. The molecule has 3 rings (SSSR count). The van der Waals surface area contributed by atoms with E-state index in [1.165, 1.54) is 25.7 Å². The van der Waals surface area contributed by atoms with Crippen molar-refractivity contribution in [3.63, 3.8) is 0 Å². The van der Waals surface area contributed by atoms with E-state index in [0.29, 0.717) is 12.0 Å². The lowest BCUT2D eigenvalue weighted by Gasteiger charge is -2.42. The number of halogens is 2. The summed E-state index contributed by atoms with van der Waals surface area (Å²) < 4.78 is 15.2. The summed E-state index contributed by atoms with van der Waals surface area (Å²) in [6.07, 6.45) is 4.98. The minimum atomic E-state index is -0.0713. The summed E-state index contributed by atoms with van der Waals surface area (Å²) in [6.45, 7) is 2.08. The van der Waals surface area contributed by atoms with Crippen molar-refractivity contribution in [2.45, 2.75) is 37.8 Å². The molecule has 1 saturated carbocycles. The van der Waals surface area contributed by atoms with Gasteiger partial charge in [-0.25, -0.2) is 4.39 Å². The quantitative estimate of drug-likeness (QED) is 0.898. The molecule has 0 aromatic heterocycles. The van der Waals surface area contributed by atoms with Gasteiger partial charge < -0.3 is 5.32 Å². The van der Waals surface area contributed by atoms with Crippen LogP contribution in [0.2, 0.25) is 0 Å². The molecule has 0 spiro atoms. The van der Waals surface area contributed by atoms with Gasteiger partial charge >= 0.3 is 0 Å². The predicted octanol–water partition coefficient (Wildman–Crippen LogP) is 3.72. The number of nitrogens with one attached hydrogen (secondary N) is 1. The fourth-order valence-corrected chi connectivity index (χ4v) is 3.90. The van der Waals surface area contributed by atoms with E-state index in [2.05, 4.69) is 26.1 Å². The Kier molecular flexibility index (Phi) is 4.43. The highest BCUT2D eigenvalue weighted by Gasteiger charge is 2.41. The summed E-state index contributed by atoms with van der Waals surface area (Å²) in [4.78, 5) is 2.55. The van der Waals surface area contributed by atoms with Crippen LogP contribution in [0, 0.1) is 11.7 Å². The fourth-order valence-electron chi connectivity index (χ4n) is 3.57. The van der Waals surface area contributed by atoms with Crippen LogP contribution >= 0.6 is 15.9 Å². The summed E-state index contributed by atoms with van der Waals surface area (Å²) in [6, 6.07) is 6.45. The van der Waals surface area contributed by atoms with Crippen molar-refractivity contribution in [3.8, 4) is 0 Å². The summed E-state index contributed by atoms with van der Waals surface area (Å²) in [5, 5.41) is 3.29. The molecule has 1 N–H and O–H groups in total. The molecule has 1 heterocycles. The van der Waals surface area contributed by atoms with E-state index in [0.717, 1.165) is 23.1 Å². The number of benzene rings is 1. The first kappa shape index (κ1) is 14.5. The first-order valence-corrected chi connectivity index (χ1v) is 8.35. The Morgan fingerprint density at radius 2 is 2.15 bits per heavy atom. The van der Waals surface area contributed by atoms with Crippen LogP contribution in [0.1, 0.15) is 37.3 Å². The molecule has 2 unspecified atom stereocenters. The number of nitrogens with zero attached hydrogens (tertiary/aromatic N) is 1. The molecule has 1 aliphatic carbocycles. The Morgan fingerprint density at radius 1 is 1.35 bits per heavy atom. The molecule has 20 heavy (non-hydrogen) atoms. The maximum absolute atomic E-state index is 14.4. The van der Waals surface area contributed by atoms with E-state index in [-0.39, 0.29) is 11.9 Å². The van der Waals surface area contributed by atoms with Gasteiger partial charge in [0.1, 0.15) is 5.82 Å². The zero-order valence-corrected chi connectivity index (χ0v) is 13.5. The van der Waals surface area contributed by atoms with E-state index in [4.69, 9.17) is 0 Å². The fraction of sp³-hybridized carbons (Fsp3) is 0.625. The van der Waals surface area contributed by atoms with Gasteiger partial charge in [-0.15, -0.1) is 0 Å². The van der Waals surface area contributed by atoms with Gasteiger partial charge in [-0.3, -0.25) is 4.90 Å². The minimum Gasteiger partial charge on any atom is -0.319 e. The summed E-state index contributed by atoms with van der Waals surface area (Å²) >= 11 is 3.36. The van der Waals surface area contributed by atoms with Crippen LogP contribution in [0.4, 0.5) is 4.39 Å². The second-order valence-corrected chi connectivity index (χ2v) is 6.96. The van der Waals surface area contributed by atoms with Crippen LogP contribution in [-0.2, 0) is 0 Å². The topological polar surface area (TPSA) is 15.3 Å². The van der Waals surface area contributed by atoms with Crippen molar-refractivity contribution in [3.05, 3.63) is 34.1 Å². The lowest BCUT2D eigenvalue weighted by molar-refractivity contribution is 0.0819. The lowest BCUT2D eigenvalue weighted by Crippen LogP contribution is -2.43. The molecular formula is C16H22BrFN2. The average Bonchev–Trinajstić information content (AvgIpc) is 3.24. The molecule has 1 aliphatic heterocycles. The Morgan fingerprint density at radius 3 is 2.80 bits per heavy atom. The van der Waals surface area contributed by atoms with Crippen LogP contribution in [0.25, 0.3) is 0 Å². The molecule has 110 valence electrons. The van der Waals surface area contributed by atoms with Gasteiger partial charge in [0.05, 0.1) is 0 Å². The highest BCUT2D eigenvalue weighted by atomic mass is 79.9. The number of hydrogen-bond donors (Lipinski definition) is 1. The molecule has 2 fully saturated rings. The van der Waals surface area contributed by atoms with Gasteiger partial charge in [-0.05, 0) is 63.9 Å². The average molecular weight is 341 g/mol. The van der Waals surface area contributed by atoms with Crippen LogP contribution in [0.15, 0.2) is 22.7 Å². The van der Waals surface area contributed by atoms with Gasteiger partial charge in [0.15, 0.2) is 0 Å². The van der Waals surface area contributed by atoms with Crippen LogP contribution < -0.4 is 5.32 Å². The van der Waals surface area contributed by atoms with Gasteiger partial charge in [-0.2, -0.15) is 0 Å². The molecule has 2 aliphatic rings. The second kappa shape index (κ2) is 6.12. The maximum Gasteiger partial charge on any atom is 0.129 e. The van der Waals surface area contributed by atoms with Gasteiger partial charge in [0.25, 0.3) is 0 Å². The number of piperidine rings is 1. The first-order valence-electron chi connectivity index (χ1n) is 7.56. The molecule has 2 nitrogen and oxygen atoms in total. The number of hydrogen-bond acceptors (Lipinski definition) is 2. The monoisotopic (exact) mass is 340 g/mol. The van der Waals surface area contributed by atoms with E-state index < -0.39 is 0 Å². The van der Waals surface area contributed by atoms with E-state index >= 15 is 0 Å². The van der Waals surface area contributed by atoms with Crippen LogP contribution in [-0.4, -0.2) is 31.1 Å². The van der Waals surface area contributed by atoms with E-state index in [1.807, 2.05) is 19.2 Å². The zero-order valence-electron chi connectivity index (χ0n) is 11.9. The Hall–Kier alpha value is -0.450. The molecule has 1 saturated heterocycles. The molecule has 1 aromatic carbocycles. The van der Waals surface area contributed by atoms with Crippen LogP contribution in [0.5, 0.6) is 0 Å². The Balaban J connectivity index is 1.93. The predicted molar refractivity (Wildman–Crippen MR) is 83.2 cm³/mol. The number of rotatable bonds is 4. The summed E-state index contributed by atoms with van der Waals surface area (Å²) in [5.74, 6) is 0.433. The van der Waals surface area contributed by atoms with Crippen molar-refractivity contribution in [1.29, 1.82) is 0 Å². The molecule has 0 radical (unpaired) electrons. The molecule has 4 heteroatoms. The SMILES string of the molecule is CNCC1CCCN(C2CC2)C1c1ccc(Br)cc1F. The number of likely N-dealkylation sites (tertiary alicyclic amines) is 1. The largest absolute Gasteiger partial charge is 0.319 e. The lowest BCUT2D eigenvalue weighted by atomic mass is 9.84. The Bertz CT molecular complexity index is 474. The third-order valence-electron chi connectivity index (χ3n) is 4.56. The molecule has 0 bridgehead atoms. The molecule has 1 aromatic rings. The van der Waals surface area contributed by atoms with Gasteiger partial charge in [0, 0.05) is 22.1 Å².